The number of benzene rings is 1. The SMILES string of the molecule is Cc1ccc(C)c(O[C@@H](C)C(=O)N2CCc3[nH]nc(C(C)C)c3C2)c1. The lowest BCUT2D eigenvalue weighted by atomic mass is 9.99. The van der Waals surface area contributed by atoms with Gasteiger partial charge in [0.25, 0.3) is 5.91 Å². The van der Waals surface area contributed by atoms with Gasteiger partial charge < -0.3 is 9.64 Å². The quantitative estimate of drug-likeness (QED) is 0.926. The molecule has 5 heteroatoms. The summed E-state index contributed by atoms with van der Waals surface area (Å²) in [5.74, 6) is 1.16. The molecule has 0 bridgehead atoms. The lowest BCUT2D eigenvalue weighted by molar-refractivity contribution is -0.138. The number of carbonyl (C=O) groups excluding carboxylic acids is 1. The summed E-state index contributed by atoms with van der Waals surface area (Å²) in [5, 5.41) is 7.56. The van der Waals surface area contributed by atoms with Crippen LogP contribution in [0.1, 0.15) is 54.8 Å². The first-order valence-corrected chi connectivity index (χ1v) is 8.95. The second kappa shape index (κ2) is 6.90. The summed E-state index contributed by atoms with van der Waals surface area (Å²) in [6.45, 7) is 11.4. The number of hydrogen-bond donors (Lipinski definition) is 1. The zero-order valence-corrected chi connectivity index (χ0v) is 15.7. The van der Waals surface area contributed by atoms with Crippen molar-refractivity contribution >= 4 is 5.91 Å². The van der Waals surface area contributed by atoms with Crippen molar-refractivity contribution < 1.29 is 9.53 Å². The molecule has 1 atom stereocenters. The number of amides is 1. The Morgan fingerprint density at radius 3 is 2.76 bits per heavy atom. The molecular formula is C20H27N3O2. The van der Waals surface area contributed by atoms with E-state index in [1.54, 1.807) is 0 Å². The fourth-order valence-corrected chi connectivity index (χ4v) is 3.32. The number of nitrogens with zero attached hydrogens (tertiary/aromatic N) is 2. The Morgan fingerprint density at radius 1 is 1.28 bits per heavy atom. The Morgan fingerprint density at radius 2 is 2.04 bits per heavy atom. The van der Waals surface area contributed by atoms with Crippen LogP contribution < -0.4 is 4.74 Å². The van der Waals surface area contributed by atoms with Gasteiger partial charge in [0.05, 0.1) is 5.69 Å². The third-order valence-corrected chi connectivity index (χ3v) is 4.82. The molecule has 1 aliphatic rings. The summed E-state index contributed by atoms with van der Waals surface area (Å²) in [6, 6.07) is 6.06. The molecule has 0 radical (unpaired) electrons. The van der Waals surface area contributed by atoms with Crippen molar-refractivity contribution in [3.63, 3.8) is 0 Å². The molecule has 5 nitrogen and oxygen atoms in total. The molecule has 2 heterocycles. The van der Waals surface area contributed by atoms with E-state index in [-0.39, 0.29) is 5.91 Å². The van der Waals surface area contributed by atoms with E-state index in [9.17, 15) is 4.79 Å². The molecule has 25 heavy (non-hydrogen) atoms. The van der Waals surface area contributed by atoms with Gasteiger partial charge in [0.15, 0.2) is 6.10 Å². The topological polar surface area (TPSA) is 58.2 Å². The van der Waals surface area contributed by atoms with Gasteiger partial charge >= 0.3 is 0 Å². The average molecular weight is 341 g/mol. The summed E-state index contributed by atoms with van der Waals surface area (Å²) < 4.78 is 5.97. The molecule has 1 aromatic carbocycles. The largest absolute Gasteiger partial charge is 0.481 e. The van der Waals surface area contributed by atoms with Crippen molar-refractivity contribution in [2.75, 3.05) is 6.54 Å². The molecule has 0 aliphatic carbocycles. The Kier molecular flexibility index (Phi) is 4.84. The molecule has 1 N–H and O–H groups in total. The minimum Gasteiger partial charge on any atom is -0.481 e. The smallest absolute Gasteiger partial charge is 0.263 e. The number of aromatic nitrogens is 2. The van der Waals surface area contributed by atoms with Crippen LogP contribution in [-0.2, 0) is 17.8 Å². The predicted molar refractivity (Wildman–Crippen MR) is 97.8 cm³/mol. The first-order chi connectivity index (χ1) is 11.9. The zero-order chi connectivity index (χ0) is 18.1. The van der Waals surface area contributed by atoms with E-state index in [4.69, 9.17) is 4.74 Å². The number of ether oxygens (including phenoxy) is 1. The second-order valence-electron chi connectivity index (χ2n) is 7.26. The number of rotatable bonds is 4. The van der Waals surface area contributed by atoms with Crippen LogP contribution in [0.5, 0.6) is 5.75 Å². The van der Waals surface area contributed by atoms with Crippen LogP contribution in [0.15, 0.2) is 18.2 Å². The maximum atomic E-state index is 12.9. The number of H-pyrrole nitrogens is 1. The summed E-state index contributed by atoms with van der Waals surface area (Å²) in [7, 11) is 0. The first-order valence-electron chi connectivity index (χ1n) is 8.95. The van der Waals surface area contributed by atoms with E-state index in [2.05, 4.69) is 24.0 Å². The number of fused-ring (bicyclic) bond motifs is 1. The molecule has 1 aromatic heterocycles. The highest BCUT2D eigenvalue weighted by atomic mass is 16.5. The molecule has 0 unspecified atom stereocenters. The molecule has 134 valence electrons. The Balaban J connectivity index is 1.72. The van der Waals surface area contributed by atoms with Crippen molar-refractivity contribution in [3.05, 3.63) is 46.3 Å². The maximum Gasteiger partial charge on any atom is 0.263 e. The van der Waals surface area contributed by atoms with Gasteiger partial charge in [0, 0.05) is 30.8 Å². The Labute approximate surface area is 149 Å². The zero-order valence-electron chi connectivity index (χ0n) is 15.7. The van der Waals surface area contributed by atoms with E-state index in [0.717, 1.165) is 34.7 Å². The fourth-order valence-electron chi connectivity index (χ4n) is 3.32. The summed E-state index contributed by atoms with van der Waals surface area (Å²) in [4.78, 5) is 14.8. The maximum absolute atomic E-state index is 12.9. The number of aryl methyl sites for hydroxylation is 2. The molecule has 3 rings (SSSR count). The van der Waals surface area contributed by atoms with Crippen LogP contribution in [0, 0.1) is 13.8 Å². The van der Waals surface area contributed by atoms with E-state index in [1.165, 1.54) is 5.56 Å². The van der Waals surface area contributed by atoms with Crippen LogP contribution >= 0.6 is 0 Å². The van der Waals surface area contributed by atoms with Crippen molar-refractivity contribution in [1.82, 2.24) is 15.1 Å². The van der Waals surface area contributed by atoms with Gasteiger partial charge in [-0.05, 0) is 43.9 Å². The summed E-state index contributed by atoms with van der Waals surface area (Å²) in [6.07, 6.45) is 0.313. The highest BCUT2D eigenvalue weighted by molar-refractivity contribution is 5.81. The molecule has 0 fully saturated rings. The normalized spacial score (nSPS) is 15.2. The van der Waals surface area contributed by atoms with Crippen LogP contribution in [0.25, 0.3) is 0 Å². The highest BCUT2D eigenvalue weighted by Gasteiger charge is 2.29. The average Bonchev–Trinajstić information content (AvgIpc) is 3.00. The van der Waals surface area contributed by atoms with Gasteiger partial charge in [-0.3, -0.25) is 9.89 Å². The van der Waals surface area contributed by atoms with Crippen LogP contribution in [-0.4, -0.2) is 33.7 Å². The molecule has 0 saturated carbocycles. The van der Waals surface area contributed by atoms with Crippen molar-refractivity contribution in [3.8, 4) is 5.75 Å². The first kappa shape index (κ1) is 17.5. The van der Waals surface area contributed by atoms with E-state index < -0.39 is 6.10 Å². The fraction of sp³-hybridized carbons (Fsp3) is 0.500. The minimum absolute atomic E-state index is 0.0301. The van der Waals surface area contributed by atoms with E-state index >= 15 is 0 Å². The monoisotopic (exact) mass is 341 g/mol. The second-order valence-corrected chi connectivity index (χ2v) is 7.26. The number of aromatic amines is 1. The number of hydrogen-bond acceptors (Lipinski definition) is 3. The molecule has 0 saturated heterocycles. The molecule has 0 spiro atoms. The van der Waals surface area contributed by atoms with Gasteiger partial charge in [-0.25, -0.2) is 0 Å². The van der Waals surface area contributed by atoms with Gasteiger partial charge in [-0.2, -0.15) is 5.10 Å². The standard InChI is InChI=1S/C20H27N3O2/c1-12(2)19-16-11-23(9-8-17(16)21-22-19)20(24)15(5)25-18-10-13(3)6-7-14(18)4/h6-7,10,12,15H,8-9,11H2,1-5H3,(H,21,22)/t15-/m0/s1. The van der Waals surface area contributed by atoms with Crippen LogP contribution in [0.4, 0.5) is 0 Å². The van der Waals surface area contributed by atoms with Crippen molar-refractivity contribution in [2.45, 2.75) is 59.6 Å². The van der Waals surface area contributed by atoms with Crippen molar-refractivity contribution in [2.24, 2.45) is 0 Å². The Bertz CT molecular complexity index is 779. The van der Waals surface area contributed by atoms with Crippen LogP contribution in [0.2, 0.25) is 0 Å². The highest BCUT2D eigenvalue weighted by Crippen LogP contribution is 2.26. The lowest BCUT2D eigenvalue weighted by Gasteiger charge is -2.30. The van der Waals surface area contributed by atoms with Gasteiger partial charge in [0.2, 0.25) is 0 Å². The van der Waals surface area contributed by atoms with Gasteiger partial charge in [-0.1, -0.05) is 26.0 Å². The van der Waals surface area contributed by atoms with Gasteiger partial charge in [-0.15, -0.1) is 0 Å². The van der Waals surface area contributed by atoms with Crippen molar-refractivity contribution in [1.29, 1.82) is 0 Å². The van der Waals surface area contributed by atoms with Gasteiger partial charge in [0.1, 0.15) is 5.75 Å². The number of carbonyl (C=O) groups is 1. The number of nitrogens with one attached hydrogen (secondary N) is 1. The minimum atomic E-state index is -0.503. The lowest BCUT2D eigenvalue weighted by Crippen LogP contribution is -2.43. The third-order valence-electron chi connectivity index (χ3n) is 4.82. The summed E-state index contributed by atoms with van der Waals surface area (Å²) >= 11 is 0. The Hall–Kier alpha value is -2.30. The van der Waals surface area contributed by atoms with E-state index in [1.807, 2.05) is 43.9 Å². The molecule has 1 aliphatic heterocycles. The van der Waals surface area contributed by atoms with E-state index in [0.29, 0.717) is 19.0 Å². The molecule has 1 amide bonds. The third kappa shape index (κ3) is 3.55. The summed E-state index contributed by atoms with van der Waals surface area (Å²) in [5.41, 5.74) is 5.57. The molecule has 2 aromatic rings. The predicted octanol–water partition coefficient (Wildman–Crippen LogP) is 3.50. The van der Waals surface area contributed by atoms with Crippen LogP contribution in [0.3, 0.4) is 0 Å². The molecular weight excluding hydrogens is 314 g/mol.